The molecule has 0 N–H and O–H groups in total. The highest BCUT2D eigenvalue weighted by Gasteiger charge is 2.24. The molecule has 132 valence electrons. The zero-order valence-electron chi connectivity index (χ0n) is 14.0. The van der Waals surface area contributed by atoms with Gasteiger partial charge in [0.15, 0.2) is 0 Å². The Balaban J connectivity index is 1.42. The number of benzene rings is 1. The van der Waals surface area contributed by atoms with Crippen LogP contribution in [-0.2, 0) is 0 Å². The van der Waals surface area contributed by atoms with Gasteiger partial charge < -0.3 is 9.80 Å². The van der Waals surface area contributed by atoms with Crippen LogP contribution in [0.2, 0.25) is 0 Å². The van der Waals surface area contributed by atoms with Crippen molar-refractivity contribution in [1.29, 1.82) is 0 Å². The Kier molecular flexibility index (Phi) is 4.62. The van der Waals surface area contributed by atoms with E-state index in [1.807, 2.05) is 17.0 Å². The fourth-order valence-corrected chi connectivity index (χ4v) is 3.92. The smallest absolute Gasteiger partial charge is 0.264 e. The standard InChI is InChI=1S/C19H17FN4OS/c20-15-4-2-14(3-5-15)16-6-7-17(26-16)18(25)23-10-12-24(13-11-23)19-21-8-1-9-22-19/h1-9H,10-13H2. The van der Waals surface area contributed by atoms with E-state index in [4.69, 9.17) is 0 Å². The minimum atomic E-state index is -0.262. The summed E-state index contributed by atoms with van der Waals surface area (Å²) < 4.78 is 13.1. The monoisotopic (exact) mass is 368 g/mol. The molecule has 0 radical (unpaired) electrons. The SMILES string of the molecule is O=C(c1ccc(-c2ccc(F)cc2)s1)N1CCN(c2ncccn2)CC1. The van der Waals surface area contributed by atoms with E-state index in [-0.39, 0.29) is 11.7 Å². The van der Waals surface area contributed by atoms with Gasteiger partial charge in [0.1, 0.15) is 5.82 Å². The third-order valence-corrected chi connectivity index (χ3v) is 5.47. The maximum Gasteiger partial charge on any atom is 0.264 e. The Morgan fingerprint density at radius 3 is 2.35 bits per heavy atom. The van der Waals surface area contributed by atoms with Crippen molar-refractivity contribution in [2.45, 2.75) is 0 Å². The Labute approximate surface area is 154 Å². The summed E-state index contributed by atoms with van der Waals surface area (Å²) in [6, 6.07) is 11.9. The second-order valence-corrected chi connectivity index (χ2v) is 7.08. The lowest BCUT2D eigenvalue weighted by atomic mass is 10.2. The van der Waals surface area contributed by atoms with E-state index in [0.29, 0.717) is 37.0 Å². The molecule has 3 aromatic rings. The number of aromatic nitrogens is 2. The van der Waals surface area contributed by atoms with Crippen LogP contribution in [0.3, 0.4) is 0 Å². The van der Waals surface area contributed by atoms with Gasteiger partial charge in [0.05, 0.1) is 4.88 Å². The molecule has 1 aromatic carbocycles. The summed E-state index contributed by atoms with van der Waals surface area (Å²) >= 11 is 1.44. The van der Waals surface area contributed by atoms with Crippen molar-refractivity contribution in [3.05, 3.63) is 65.6 Å². The second-order valence-electron chi connectivity index (χ2n) is 6.00. The van der Waals surface area contributed by atoms with Crippen LogP contribution in [0.25, 0.3) is 10.4 Å². The van der Waals surface area contributed by atoms with E-state index < -0.39 is 0 Å². The predicted octanol–water partition coefficient (Wildman–Crippen LogP) is 3.31. The van der Waals surface area contributed by atoms with Gasteiger partial charge in [0, 0.05) is 43.4 Å². The second kappa shape index (κ2) is 7.21. The van der Waals surface area contributed by atoms with E-state index in [0.717, 1.165) is 10.4 Å². The summed E-state index contributed by atoms with van der Waals surface area (Å²) in [4.78, 5) is 26.9. The number of rotatable bonds is 3. The molecule has 5 nitrogen and oxygen atoms in total. The van der Waals surface area contributed by atoms with Gasteiger partial charge in [-0.2, -0.15) is 0 Å². The van der Waals surface area contributed by atoms with Gasteiger partial charge in [-0.1, -0.05) is 12.1 Å². The number of anilines is 1. The lowest BCUT2D eigenvalue weighted by Gasteiger charge is -2.34. The molecule has 1 amide bonds. The number of halogens is 1. The predicted molar refractivity (Wildman–Crippen MR) is 99.9 cm³/mol. The van der Waals surface area contributed by atoms with Crippen molar-refractivity contribution in [1.82, 2.24) is 14.9 Å². The first kappa shape index (κ1) is 16.7. The third-order valence-electron chi connectivity index (χ3n) is 4.35. The molecule has 0 aliphatic carbocycles. The number of thiophene rings is 1. The Morgan fingerprint density at radius 2 is 1.65 bits per heavy atom. The molecule has 0 bridgehead atoms. The van der Waals surface area contributed by atoms with Crippen LogP contribution < -0.4 is 4.90 Å². The van der Waals surface area contributed by atoms with Crippen LogP contribution in [0, 0.1) is 5.82 Å². The molecular formula is C19H17FN4OS. The van der Waals surface area contributed by atoms with Gasteiger partial charge in [-0.15, -0.1) is 11.3 Å². The molecule has 7 heteroatoms. The lowest BCUT2D eigenvalue weighted by molar-refractivity contribution is 0.0751. The zero-order chi connectivity index (χ0) is 17.9. The summed E-state index contributed by atoms with van der Waals surface area (Å²) in [6.07, 6.45) is 3.45. The van der Waals surface area contributed by atoms with E-state index in [2.05, 4.69) is 14.9 Å². The lowest BCUT2D eigenvalue weighted by Crippen LogP contribution is -2.49. The number of carbonyl (C=O) groups is 1. The van der Waals surface area contributed by atoms with E-state index in [9.17, 15) is 9.18 Å². The van der Waals surface area contributed by atoms with Crippen LogP contribution in [0.5, 0.6) is 0 Å². The van der Waals surface area contributed by atoms with Crippen molar-refractivity contribution < 1.29 is 9.18 Å². The number of hydrogen-bond acceptors (Lipinski definition) is 5. The van der Waals surface area contributed by atoms with Gasteiger partial charge in [-0.25, -0.2) is 14.4 Å². The number of amides is 1. The average molecular weight is 368 g/mol. The van der Waals surface area contributed by atoms with Crippen molar-refractivity contribution >= 4 is 23.2 Å². The Bertz CT molecular complexity index is 889. The molecule has 2 aromatic heterocycles. The summed E-state index contributed by atoms with van der Waals surface area (Å²) in [6.45, 7) is 2.71. The molecule has 26 heavy (non-hydrogen) atoms. The quantitative estimate of drug-likeness (QED) is 0.712. The summed E-state index contributed by atoms with van der Waals surface area (Å²) in [7, 11) is 0. The van der Waals surface area contributed by atoms with Crippen LogP contribution in [-0.4, -0.2) is 47.0 Å². The molecule has 0 saturated carbocycles. The minimum Gasteiger partial charge on any atom is -0.337 e. The molecule has 3 heterocycles. The van der Waals surface area contributed by atoms with E-state index >= 15 is 0 Å². The Hall–Kier alpha value is -2.80. The summed E-state index contributed by atoms with van der Waals surface area (Å²) in [5.74, 6) is 0.480. The Morgan fingerprint density at radius 1 is 0.962 bits per heavy atom. The number of piperazine rings is 1. The molecule has 0 unspecified atom stereocenters. The van der Waals surface area contributed by atoms with Gasteiger partial charge in [-0.05, 0) is 35.9 Å². The van der Waals surface area contributed by atoms with Crippen molar-refractivity contribution in [3.63, 3.8) is 0 Å². The maximum absolute atomic E-state index is 13.1. The summed E-state index contributed by atoms with van der Waals surface area (Å²) in [5.41, 5.74) is 0.918. The fraction of sp³-hybridized carbons (Fsp3) is 0.211. The number of nitrogens with zero attached hydrogens (tertiary/aromatic N) is 4. The molecule has 4 rings (SSSR count). The maximum atomic E-state index is 13.1. The van der Waals surface area contributed by atoms with E-state index in [1.54, 1.807) is 30.6 Å². The van der Waals surface area contributed by atoms with Crippen molar-refractivity contribution in [3.8, 4) is 10.4 Å². The molecular weight excluding hydrogens is 351 g/mol. The van der Waals surface area contributed by atoms with Crippen LogP contribution >= 0.6 is 11.3 Å². The normalized spacial score (nSPS) is 14.5. The van der Waals surface area contributed by atoms with Gasteiger partial charge in [0.25, 0.3) is 5.91 Å². The highest BCUT2D eigenvalue weighted by atomic mass is 32.1. The van der Waals surface area contributed by atoms with Gasteiger partial charge in [0.2, 0.25) is 5.95 Å². The molecule has 1 aliphatic rings. The summed E-state index contributed by atoms with van der Waals surface area (Å²) in [5, 5.41) is 0. The van der Waals surface area contributed by atoms with Crippen molar-refractivity contribution in [2.75, 3.05) is 31.1 Å². The molecule has 0 spiro atoms. The largest absolute Gasteiger partial charge is 0.337 e. The van der Waals surface area contributed by atoms with Gasteiger partial charge >= 0.3 is 0 Å². The zero-order valence-corrected chi connectivity index (χ0v) is 14.8. The highest BCUT2D eigenvalue weighted by Crippen LogP contribution is 2.29. The first-order valence-corrected chi connectivity index (χ1v) is 9.19. The average Bonchev–Trinajstić information content (AvgIpc) is 3.19. The van der Waals surface area contributed by atoms with Crippen molar-refractivity contribution in [2.24, 2.45) is 0 Å². The fourth-order valence-electron chi connectivity index (χ4n) is 2.94. The molecule has 0 atom stereocenters. The van der Waals surface area contributed by atoms with Crippen LogP contribution in [0.1, 0.15) is 9.67 Å². The minimum absolute atomic E-state index is 0.0389. The first-order valence-electron chi connectivity index (χ1n) is 8.38. The van der Waals surface area contributed by atoms with E-state index in [1.165, 1.54) is 23.5 Å². The topological polar surface area (TPSA) is 49.3 Å². The highest BCUT2D eigenvalue weighted by molar-refractivity contribution is 7.17. The molecule has 1 saturated heterocycles. The van der Waals surface area contributed by atoms with Gasteiger partial charge in [-0.3, -0.25) is 4.79 Å². The third kappa shape index (κ3) is 3.43. The molecule has 1 aliphatic heterocycles. The number of carbonyl (C=O) groups excluding carboxylic acids is 1. The number of hydrogen-bond donors (Lipinski definition) is 0. The van der Waals surface area contributed by atoms with Crippen LogP contribution in [0.15, 0.2) is 54.9 Å². The van der Waals surface area contributed by atoms with Crippen LogP contribution in [0.4, 0.5) is 10.3 Å². The molecule has 1 fully saturated rings. The first-order chi connectivity index (χ1) is 12.7.